The summed E-state index contributed by atoms with van der Waals surface area (Å²) in [4.78, 5) is 64.7. The average Bonchev–Trinajstić information content (AvgIpc) is 2.98. The van der Waals surface area contributed by atoms with Crippen molar-refractivity contribution in [2.24, 2.45) is 24.8 Å². The average molecular weight is 635 g/mol. The highest BCUT2D eigenvalue weighted by Gasteiger charge is 2.31. The van der Waals surface area contributed by atoms with Gasteiger partial charge >= 0.3 is 0 Å². The minimum atomic E-state index is -1.25. The van der Waals surface area contributed by atoms with Crippen molar-refractivity contribution >= 4 is 29.5 Å². The summed E-state index contributed by atoms with van der Waals surface area (Å²) >= 11 is 0. The first-order valence-corrected chi connectivity index (χ1v) is 15.9. The second kappa shape index (κ2) is 19.7. The first kappa shape index (κ1) is 39.4. The second-order valence-electron chi connectivity index (χ2n) is 12.4. The molecule has 0 radical (unpaired) electrons. The van der Waals surface area contributed by atoms with E-state index in [1.807, 2.05) is 55.5 Å². The van der Waals surface area contributed by atoms with Gasteiger partial charge in [0, 0.05) is 31.3 Å². The highest BCUT2D eigenvalue weighted by Crippen LogP contribution is 2.11. The molecular weight excluding hydrogens is 578 g/mol. The van der Waals surface area contributed by atoms with E-state index in [4.69, 9.17) is 0 Å². The van der Waals surface area contributed by atoms with Crippen molar-refractivity contribution < 1.29 is 33.6 Å². The fraction of sp³-hybridized carbons (Fsp3) is 0.688. The summed E-state index contributed by atoms with van der Waals surface area (Å²) in [6.45, 7) is 14.9. The van der Waals surface area contributed by atoms with Gasteiger partial charge in [-0.3, -0.25) is 24.0 Å². The van der Waals surface area contributed by atoms with Crippen LogP contribution in [0, 0.1) is 17.8 Å². The molecule has 0 aliphatic rings. The number of pyridine rings is 1. The highest BCUT2D eigenvalue weighted by atomic mass is 16.3. The first-order valence-electron chi connectivity index (χ1n) is 15.9. The zero-order chi connectivity index (χ0) is 34.3. The van der Waals surface area contributed by atoms with Gasteiger partial charge < -0.3 is 37.0 Å². The number of aliphatic hydroxyl groups is 1. The summed E-state index contributed by atoms with van der Waals surface area (Å²) in [6.07, 6.45) is 4.60. The Morgan fingerprint density at radius 1 is 0.800 bits per heavy atom. The SMILES string of the molecule is CCNC(=O)[C@@H](NC(=O)[C@H](C)NC[C@H](CC(C)C)NC(=O)[C@H](CO)NC(=O)[C@@H](NC(=O)c1cc[n+](C)cc1)[C@@H](C)CC)C(C)C. The van der Waals surface area contributed by atoms with E-state index in [-0.39, 0.29) is 36.1 Å². The van der Waals surface area contributed by atoms with Crippen molar-refractivity contribution in [1.82, 2.24) is 31.9 Å². The molecule has 1 heterocycles. The smallest absolute Gasteiger partial charge is 0.252 e. The maximum absolute atomic E-state index is 13.3. The van der Waals surface area contributed by atoms with Crippen LogP contribution < -0.4 is 36.5 Å². The van der Waals surface area contributed by atoms with E-state index < -0.39 is 54.5 Å². The van der Waals surface area contributed by atoms with Gasteiger partial charge in [-0.2, -0.15) is 0 Å². The zero-order valence-electron chi connectivity index (χ0n) is 28.4. The Morgan fingerprint density at radius 3 is 1.93 bits per heavy atom. The molecule has 0 spiro atoms. The number of nitrogens with one attached hydrogen (secondary N) is 6. The third-order valence-electron chi connectivity index (χ3n) is 7.60. The van der Waals surface area contributed by atoms with Gasteiger partial charge in [-0.15, -0.1) is 0 Å². The number of hydrogen-bond donors (Lipinski definition) is 7. The monoisotopic (exact) mass is 634 g/mol. The molecule has 0 unspecified atom stereocenters. The minimum absolute atomic E-state index is 0.110. The van der Waals surface area contributed by atoms with Crippen LogP contribution in [0.2, 0.25) is 0 Å². The van der Waals surface area contributed by atoms with Gasteiger partial charge in [0.15, 0.2) is 12.4 Å². The standard InChI is InChI=1S/C32H55N7O6/c1-10-21(7)27(38-29(42)23-12-14-39(9)15-13-23)32(45)36-25(18-40)30(43)35-24(16-19(3)4)17-34-22(8)28(41)37-26(20(5)6)31(44)33-11-2/h12-15,19-22,24-27,34,40H,10-11,16-18H2,1-9H3,(H4-,33,35,36,37,38,41,42,43,44,45)/p+1/t21-,22-,24-,25-,26-,27-/m0/s1. The van der Waals surface area contributed by atoms with Gasteiger partial charge in [0.2, 0.25) is 23.6 Å². The molecule has 0 aromatic carbocycles. The maximum Gasteiger partial charge on any atom is 0.252 e. The lowest BCUT2D eigenvalue weighted by molar-refractivity contribution is -0.671. The normalized spacial score (nSPS) is 15.3. The zero-order valence-corrected chi connectivity index (χ0v) is 28.4. The Morgan fingerprint density at radius 2 is 1.42 bits per heavy atom. The predicted octanol–water partition coefficient (Wildman–Crippen LogP) is -0.0814. The number of aromatic nitrogens is 1. The van der Waals surface area contributed by atoms with Crippen LogP contribution in [0.25, 0.3) is 0 Å². The summed E-state index contributed by atoms with van der Waals surface area (Å²) in [5.74, 6) is -2.35. The van der Waals surface area contributed by atoms with E-state index in [9.17, 15) is 29.1 Å². The molecule has 254 valence electrons. The molecule has 1 aromatic rings. The van der Waals surface area contributed by atoms with Gasteiger partial charge in [-0.1, -0.05) is 48.0 Å². The summed E-state index contributed by atoms with van der Waals surface area (Å²) in [5, 5.41) is 27.0. The summed E-state index contributed by atoms with van der Waals surface area (Å²) in [5.41, 5.74) is 0.390. The van der Waals surface area contributed by atoms with Gasteiger partial charge in [0.25, 0.3) is 5.91 Å². The molecule has 7 N–H and O–H groups in total. The number of aryl methyl sites for hydroxylation is 1. The van der Waals surface area contributed by atoms with Gasteiger partial charge in [0.1, 0.15) is 25.2 Å². The fourth-order valence-corrected chi connectivity index (χ4v) is 4.61. The van der Waals surface area contributed by atoms with Crippen LogP contribution in [-0.4, -0.2) is 84.5 Å². The Hall–Kier alpha value is -3.58. The fourth-order valence-electron chi connectivity index (χ4n) is 4.61. The lowest BCUT2D eigenvalue weighted by atomic mass is 9.97. The Bertz CT molecular complexity index is 1110. The molecule has 0 saturated heterocycles. The van der Waals surface area contributed by atoms with Gasteiger partial charge in [-0.25, -0.2) is 4.57 Å². The van der Waals surface area contributed by atoms with E-state index in [0.717, 1.165) is 0 Å². The lowest BCUT2D eigenvalue weighted by Crippen LogP contribution is -2.59. The number of carbonyl (C=O) groups is 5. The molecule has 13 heteroatoms. The third kappa shape index (κ3) is 13.5. The van der Waals surface area contributed by atoms with Gasteiger partial charge in [0.05, 0.1) is 18.2 Å². The van der Waals surface area contributed by atoms with Crippen LogP contribution in [0.3, 0.4) is 0 Å². The second-order valence-corrected chi connectivity index (χ2v) is 12.4. The molecule has 5 amide bonds. The van der Waals surface area contributed by atoms with Crippen LogP contribution in [0.1, 0.15) is 78.6 Å². The molecule has 1 aromatic heterocycles. The summed E-state index contributed by atoms with van der Waals surface area (Å²) in [6, 6.07) is -0.661. The Kier molecular flexibility index (Phi) is 17.3. The topological polar surface area (TPSA) is 182 Å². The quantitative estimate of drug-likeness (QED) is 0.104. The number of nitrogens with zero attached hydrogens (tertiary/aromatic N) is 1. The summed E-state index contributed by atoms with van der Waals surface area (Å²) < 4.78 is 1.79. The van der Waals surface area contributed by atoms with Crippen LogP contribution in [0.15, 0.2) is 24.5 Å². The largest absolute Gasteiger partial charge is 0.394 e. The number of aliphatic hydroxyl groups excluding tert-OH is 1. The molecule has 0 aliphatic carbocycles. The molecule has 13 nitrogen and oxygen atoms in total. The Balaban J connectivity index is 2.91. The van der Waals surface area contributed by atoms with Crippen LogP contribution in [0.5, 0.6) is 0 Å². The molecule has 0 saturated carbocycles. The summed E-state index contributed by atoms with van der Waals surface area (Å²) in [7, 11) is 1.83. The van der Waals surface area contributed by atoms with Crippen molar-refractivity contribution in [2.45, 2.75) is 98.4 Å². The highest BCUT2D eigenvalue weighted by molar-refractivity contribution is 5.98. The number of carbonyl (C=O) groups excluding carboxylic acids is 5. The van der Waals surface area contributed by atoms with Crippen LogP contribution in [-0.2, 0) is 26.2 Å². The van der Waals surface area contributed by atoms with Crippen LogP contribution >= 0.6 is 0 Å². The third-order valence-corrected chi connectivity index (χ3v) is 7.60. The maximum atomic E-state index is 13.3. The van der Waals surface area contributed by atoms with E-state index in [2.05, 4.69) is 31.9 Å². The van der Waals surface area contributed by atoms with Crippen molar-refractivity contribution in [3.63, 3.8) is 0 Å². The van der Waals surface area contributed by atoms with E-state index in [1.165, 1.54) is 0 Å². The van der Waals surface area contributed by atoms with E-state index in [1.54, 1.807) is 36.0 Å². The van der Waals surface area contributed by atoms with E-state index >= 15 is 0 Å². The van der Waals surface area contributed by atoms with Crippen molar-refractivity contribution in [2.75, 3.05) is 19.7 Å². The number of amides is 5. The number of rotatable bonds is 19. The first-order chi connectivity index (χ1) is 21.1. The van der Waals surface area contributed by atoms with Crippen molar-refractivity contribution in [3.05, 3.63) is 30.1 Å². The Labute approximate surface area is 268 Å². The molecule has 45 heavy (non-hydrogen) atoms. The molecular formula is C32H56N7O6+. The van der Waals surface area contributed by atoms with Crippen molar-refractivity contribution in [1.29, 1.82) is 0 Å². The molecule has 0 aliphatic heterocycles. The molecule has 1 rings (SSSR count). The van der Waals surface area contributed by atoms with Crippen molar-refractivity contribution in [3.8, 4) is 0 Å². The minimum Gasteiger partial charge on any atom is -0.394 e. The lowest BCUT2D eigenvalue weighted by Gasteiger charge is -2.28. The number of hydrogen-bond acceptors (Lipinski definition) is 7. The van der Waals surface area contributed by atoms with Gasteiger partial charge in [-0.05, 0) is 38.0 Å². The van der Waals surface area contributed by atoms with Crippen LogP contribution in [0.4, 0.5) is 0 Å². The predicted molar refractivity (Wildman–Crippen MR) is 172 cm³/mol. The number of likely N-dealkylation sites (N-methyl/N-ethyl adjacent to an activating group) is 1. The van der Waals surface area contributed by atoms with E-state index in [0.29, 0.717) is 24.9 Å². The molecule has 0 fully saturated rings. The molecule has 0 bridgehead atoms. The molecule has 6 atom stereocenters.